The Kier molecular flexibility index (Phi) is 4.85. The zero-order valence-electron chi connectivity index (χ0n) is 10.1. The number of rotatable bonds is 5. The van der Waals surface area contributed by atoms with Gasteiger partial charge in [-0.1, -0.05) is 18.2 Å². The number of alkyl halides is 3. The summed E-state index contributed by atoms with van der Waals surface area (Å²) >= 11 is 0. The van der Waals surface area contributed by atoms with Crippen molar-refractivity contribution in [2.45, 2.75) is 24.8 Å². The molecule has 20 heavy (non-hydrogen) atoms. The summed E-state index contributed by atoms with van der Waals surface area (Å²) in [6.07, 6.45) is -8.78. The molecule has 1 rings (SSSR count). The summed E-state index contributed by atoms with van der Waals surface area (Å²) in [5.41, 5.74) is 4.05. The van der Waals surface area contributed by atoms with Crippen molar-refractivity contribution in [3.8, 4) is 0 Å². The summed E-state index contributed by atoms with van der Waals surface area (Å²) in [5.74, 6) is -2.94. The first-order valence-electron chi connectivity index (χ1n) is 5.49. The average molecular weight is 291 g/mol. The van der Waals surface area contributed by atoms with Crippen molar-refractivity contribution < 1.29 is 33.0 Å². The molecule has 0 aliphatic heterocycles. The van der Waals surface area contributed by atoms with E-state index < -0.39 is 42.1 Å². The number of carbonyl (C=O) groups is 2. The van der Waals surface area contributed by atoms with Crippen LogP contribution in [-0.4, -0.2) is 34.2 Å². The van der Waals surface area contributed by atoms with Crippen molar-refractivity contribution in [1.82, 2.24) is 0 Å². The molecular weight excluding hydrogens is 279 g/mol. The minimum absolute atomic E-state index is 0.117. The molecule has 2 unspecified atom stereocenters. The number of halogens is 3. The normalized spacial score (nSPS) is 14.7. The quantitative estimate of drug-likeness (QED) is 0.695. The maximum Gasteiger partial charge on any atom is 0.454 e. The number of nitrogens with two attached hydrogens (primary N) is 1. The average Bonchev–Trinajstić information content (AvgIpc) is 2.35. The third-order valence-electron chi connectivity index (χ3n) is 2.52. The molecule has 0 fully saturated rings. The highest BCUT2D eigenvalue weighted by Crippen LogP contribution is 2.25. The van der Waals surface area contributed by atoms with E-state index in [1.165, 1.54) is 6.07 Å². The van der Waals surface area contributed by atoms with Gasteiger partial charge >= 0.3 is 6.18 Å². The first-order valence-corrected chi connectivity index (χ1v) is 5.49. The summed E-state index contributed by atoms with van der Waals surface area (Å²) in [4.78, 5) is 21.6. The van der Waals surface area contributed by atoms with Gasteiger partial charge in [0.1, 0.15) is 6.10 Å². The molecule has 1 aromatic rings. The molecule has 0 spiro atoms. The highest BCUT2D eigenvalue weighted by Gasteiger charge is 2.39. The van der Waals surface area contributed by atoms with E-state index in [2.05, 4.69) is 0 Å². The van der Waals surface area contributed by atoms with Crippen LogP contribution in [0.3, 0.4) is 0 Å². The molecule has 1 amide bonds. The molecule has 0 radical (unpaired) electrons. The maximum atomic E-state index is 12.3. The fourth-order valence-electron chi connectivity index (χ4n) is 1.57. The molecule has 5 nitrogen and oxygen atoms in total. The Labute approximate surface area is 111 Å². The second kappa shape index (κ2) is 6.02. The molecule has 1 aromatic carbocycles. The monoisotopic (exact) mass is 291 g/mol. The summed E-state index contributed by atoms with van der Waals surface area (Å²) < 4.78 is 36.8. The second-order valence-electron chi connectivity index (χ2n) is 4.13. The van der Waals surface area contributed by atoms with Gasteiger partial charge in [0.25, 0.3) is 5.78 Å². The van der Waals surface area contributed by atoms with Crippen LogP contribution in [0.1, 0.15) is 28.4 Å². The van der Waals surface area contributed by atoms with Gasteiger partial charge in [-0.25, -0.2) is 0 Å². The maximum absolute atomic E-state index is 12.3. The molecule has 8 heteroatoms. The number of carbonyl (C=O) groups excluding carboxylic acids is 2. The van der Waals surface area contributed by atoms with Crippen LogP contribution in [0.5, 0.6) is 0 Å². The fraction of sp³-hybridized carbons (Fsp3) is 0.333. The minimum atomic E-state index is -5.03. The smallest absolute Gasteiger partial charge is 0.390 e. The van der Waals surface area contributed by atoms with Crippen LogP contribution in [0.4, 0.5) is 13.2 Å². The van der Waals surface area contributed by atoms with E-state index in [9.17, 15) is 33.0 Å². The van der Waals surface area contributed by atoms with Gasteiger partial charge in [-0.2, -0.15) is 13.2 Å². The summed E-state index contributed by atoms with van der Waals surface area (Å²) in [6.45, 7) is 0. The van der Waals surface area contributed by atoms with Gasteiger partial charge in [0.2, 0.25) is 5.91 Å². The topological polar surface area (TPSA) is 101 Å². The van der Waals surface area contributed by atoms with Gasteiger partial charge < -0.3 is 15.9 Å². The van der Waals surface area contributed by atoms with Gasteiger partial charge in [0.15, 0.2) is 0 Å². The number of hydrogen-bond acceptors (Lipinski definition) is 4. The molecule has 2 atom stereocenters. The summed E-state index contributed by atoms with van der Waals surface area (Å²) in [6, 6.07) is 4.10. The molecule has 0 heterocycles. The van der Waals surface area contributed by atoms with E-state index in [4.69, 9.17) is 5.73 Å². The number of aliphatic hydroxyl groups is 2. The van der Waals surface area contributed by atoms with E-state index in [1.807, 2.05) is 0 Å². The zero-order valence-corrected chi connectivity index (χ0v) is 10.1. The van der Waals surface area contributed by atoms with Gasteiger partial charge in [-0.15, -0.1) is 0 Å². The van der Waals surface area contributed by atoms with Crippen LogP contribution >= 0.6 is 0 Å². The fourth-order valence-corrected chi connectivity index (χ4v) is 1.57. The predicted molar refractivity (Wildman–Crippen MR) is 61.6 cm³/mol. The Morgan fingerprint density at radius 3 is 2.35 bits per heavy atom. The standard InChI is InChI=1S/C12H12F3NO4/c13-12(14,15)11(20)7-3-1-2-6(4-7)10(19)8(17)5-9(16)18/h1-4,8,10,17,19H,5H2,(H2,16,18). The van der Waals surface area contributed by atoms with Crippen molar-refractivity contribution in [3.63, 3.8) is 0 Å². The lowest BCUT2D eigenvalue weighted by Crippen LogP contribution is -2.26. The van der Waals surface area contributed by atoms with Crippen LogP contribution < -0.4 is 5.73 Å². The molecule has 0 bridgehead atoms. The van der Waals surface area contributed by atoms with E-state index in [-0.39, 0.29) is 5.56 Å². The van der Waals surface area contributed by atoms with Crippen molar-refractivity contribution in [3.05, 3.63) is 35.4 Å². The first kappa shape index (κ1) is 16.1. The number of primary amides is 1. The third kappa shape index (κ3) is 4.04. The second-order valence-corrected chi connectivity index (χ2v) is 4.13. The van der Waals surface area contributed by atoms with E-state index in [0.29, 0.717) is 0 Å². The lowest BCUT2D eigenvalue weighted by atomic mass is 9.98. The van der Waals surface area contributed by atoms with E-state index >= 15 is 0 Å². The van der Waals surface area contributed by atoms with Gasteiger partial charge in [-0.3, -0.25) is 9.59 Å². The number of Topliss-reactive ketones (excluding diaryl/α,β-unsaturated/α-hetero) is 1. The summed E-state index contributed by atoms with van der Waals surface area (Å²) in [5, 5.41) is 19.2. The highest BCUT2D eigenvalue weighted by atomic mass is 19.4. The number of benzene rings is 1. The number of ketones is 1. The van der Waals surface area contributed by atoms with Crippen LogP contribution in [0.15, 0.2) is 24.3 Å². The molecule has 0 aromatic heterocycles. The van der Waals surface area contributed by atoms with Crippen LogP contribution in [0.2, 0.25) is 0 Å². The van der Waals surface area contributed by atoms with Crippen LogP contribution in [0, 0.1) is 0 Å². The molecule has 0 aliphatic carbocycles. The van der Waals surface area contributed by atoms with Crippen LogP contribution in [-0.2, 0) is 4.79 Å². The third-order valence-corrected chi connectivity index (χ3v) is 2.52. The predicted octanol–water partition coefficient (Wildman–Crippen LogP) is 0.701. The minimum Gasteiger partial charge on any atom is -0.390 e. The molecular formula is C12H12F3NO4. The SMILES string of the molecule is NC(=O)CC(O)C(O)c1cccc(C(=O)C(F)(F)F)c1. The van der Waals surface area contributed by atoms with E-state index in [0.717, 1.165) is 18.2 Å². The van der Waals surface area contributed by atoms with Crippen molar-refractivity contribution >= 4 is 11.7 Å². The first-order chi connectivity index (χ1) is 9.12. The Bertz CT molecular complexity index is 516. The Morgan fingerprint density at radius 1 is 1.25 bits per heavy atom. The lowest BCUT2D eigenvalue weighted by molar-refractivity contribution is -0.121. The Hall–Kier alpha value is -1.93. The molecule has 4 N–H and O–H groups in total. The zero-order chi connectivity index (χ0) is 15.5. The molecule has 110 valence electrons. The van der Waals surface area contributed by atoms with E-state index in [1.54, 1.807) is 0 Å². The molecule has 0 aliphatic rings. The Balaban J connectivity index is 2.98. The number of amides is 1. The largest absolute Gasteiger partial charge is 0.454 e. The number of aliphatic hydroxyl groups excluding tert-OH is 2. The van der Waals surface area contributed by atoms with Crippen molar-refractivity contribution in [2.24, 2.45) is 5.73 Å². The van der Waals surface area contributed by atoms with Crippen LogP contribution in [0.25, 0.3) is 0 Å². The number of hydrogen-bond donors (Lipinski definition) is 3. The van der Waals surface area contributed by atoms with Gasteiger partial charge in [0, 0.05) is 5.56 Å². The van der Waals surface area contributed by atoms with Crippen molar-refractivity contribution in [2.75, 3.05) is 0 Å². The highest BCUT2D eigenvalue weighted by molar-refractivity contribution is 6.00. The lowest BCUT2D eigenvalue weighted by Gasteiger charge is -2.17. The molecule has 0 saturated heterocycles. The Morgan fingerprint density at radius 2 is 1.85 bits per heavy atom. The van der Waals surface area contributed by atoms with Gasteiger partial charge in [0.05, 0.1) is 12.5 Å². The molecule has 0 saturated carbocycles. The van der Waals surface area contributed by atoms with Gasteiger partial charge in [-0.05, 0) is 11.6 Å². The van der Waals surface area contributed by atoms with Crippen molar-refractivity contribution in [1.29, 1.82) is 0 Å². The summed E-state index contributed by atoms with van der Waals surface area (Å²) in [7, 11) is 0.